The van der Waals surface area contributed by atoms with Crippen molar-refractivity contribution in [2.24, 2.45) is 5.92 Å². The highest BCUT2D eigenvalue weighted by atomic mass is 16.1. The Morgan fingerprint density at radius 2 is 2.05 bits per heavy atom. The van der Waals surface area contributed by atoms with Crippen molar-refractivity contribution in [3.63, 3.8) is 0 Å². The molecule has 5 heteroatoms. The van der Waals surface area contributed by atoms with E-state index < -0.39 is 0 Å². The van der Waals surface area contributed by atoms with Crippen LogP contribution in [-0.4, -0.2) is 28.8 Å². The monoisotopic (exact) mass is 298 g/mol. The van der Waals surface area contributed by atoms with Gasteiger partial charge in [0.25, 0.3) is 0 Å². The lowest BCUT2D eigenvalue weighted by Gasteiger charge is -2.22. The number of nitrogens with zero attached hydrogens (tertiary/aromatic N) is 2. The maximum Gasteiger partial charge on any atom is 0.224 e. The minimum atomic E-state index is 0.102. The summed E-state index contributed by atoms with van der Waals surface area (Å²) in [6, 6.07) is 9.63. The fraction of sp³-hybridized carbons (Fsp3) is 0.412. The van der Waals surface area contributed by atoms with Gasteiger partial charge in [0.2, 0.25) is 5.91 Å². The van der Waals surface area contributed by atoms with Crippen molar-refractivity contribution in [3.05, 3.63) is 42.7 Å². The molecule has 2 aromatic rings. The third kappa shape index (κ3) is 3.95. The summed E-state index contributed by atoms with van der Waals surface area (Å²) in [4.78, 5) is 12.0. The Bertz CT molecular complexity index is 586. The molecule has 2 heterocycles. The van der Waals surface area contributed by atoms with Gasteiger partial charge in [0.1, 0.15) is 0 Å². The molecule has 0 unspecified atom stereocenters. The van der Waals surface area contributed by atoms with Crippen LogP contribution in [0.4, 0.5) is 5.69 Å². The number of anilines is 1. The molecule has 1 aliphatic heterocycles. The van der Waals surface area contributed by atoms with Crippen molar-refractivity contribution >= 4 is 11.6 Å². The number of hydrogen-bond acceptors (Lipinski definition) is 3. The van der Waals surface area contributed by atoms with E-state index in [0.29, 0.717) is 12.3 Å². The van der Waals surface area contributed by atoms with Gasteiger partial charge in [0, 0.05) is 24.5 Å². The molecule has 0 saturated carbocycles. The molecule has 0 atom stereocenters. The van der Waals surface area contributed by atoms with Crippen molar-refractivity contribution in [3.8, 4) is 5.69 Å². The molecule has 116 valence electrons. The summed E-state index contributed by atoms with van der Waals surface area (Å²) < 4.78 is 1.79. The molecule has 3 rings (SSSR count). The predicted octanol–water partition coefficient (Wildman–Crippen LogP) is 2.59. The zero-order valence-corrected chi connectivity index (χ0v) is 12.7. The Balaban J connectivity index is 1.48. The van der Waals surface area contributed by atoms with Crippen LogP contribution in [0.15, 0.2) is 42.7 Å². The highest BCUT2D eigenvalue weighted by molar-refractivity contribution is 5.90. The van der Waals surface area contributed by atoms with E-state index in [-0.39, 0.29) is 5.91 Å². The van der Waals surface area contributed by atoms with Gasteiger partial charge >= 0.3 is 0 Å². The standard InChI is InChI=1S/C17H22N4O/c22-17(7-2-14-8-11-18-12-9-14)20-15-3-5-16(6-4-15)21-13-1-10-19-21/h1,3-6,10,13-14,18H,2,7-9,11-12H2,(H,20,22). The fourth-order valence-corrected chi connectivity index (χ4v) is 2.85. The van der Waals surface area contributed by atoms with E-state index >= 15 is 0 Å². The number of piperidine rings is 1. The van der Waals surface area contributed by atoms with E-state index in [1.165, 1.54) is 12.8 Å². The van der Waals surface area contributed by atoms with E-state index in [2.05, 4.69) is 15.7 Å². The van der Waals surface area contributed by atoms with Gasteiger partial charge in [-0.05, 0) is 68.6 Å². The van der Waals surface area contributed by atoms with Crippen molar-refractivity contribution in [1.82, 2.24) is 15.1 Å². The molecule has 0 spiro atoms. The number of benzene rings is 1. The molecule has 1 saturated heterocycles. The average molecular weight is 298 g/mol. The van der Waals surface area contributed by atoms with Gasteiger partial charge in [0.05, 0.1) is 5.69 Å². The lowest BCUT2D eigenvalue weighted by Crippen LogP contribution is -2.28. The summed E-state index contributed by atoms with van der Waals surface area (Å²) in [5, 5.41) is 10.5. The van der Waals surface area contributed by atoms with Crippen LogP contribution in [0.2, 0.25) is 0 Å². The number of carbonyl (C=O) groups excluding carboxylic acids is 1. The molecule has 5 nitrogen and oxygen atoms in total. The van der Waals surface area contributed by atoms with Crippen LogP contribution in [0, 0.1) is 5.92 Å². The highest BCUT2D eigenvalue weighted by Gasteiger charge is 2.14. The second-order valence-electron chi connectivity index (χ2n) is 5.78. The third-order valence-electron chi connectivity index (χ3n) is 4.16. The summed E-state index contributed by atoms with van der Waals surface area (Å²) in [5.74, 6) is 0.791. The van der Waals surface area contributed by atoms with Gasteiger partial charge in [-0.2, -0.15) is 5.10 Å². The molecule has 0 bridgehead atoms. The molecule has 1 aliphatic rings. The first-order chi connectivity index (χ1) is 10.8. The van der Waals surface area contributed by atoms with Crippen LogP contribution in [0.5, 0.6) is 0 Å². The molecule has 22 heavy (non-hydrogen) atoms. The summed E-state index contributed by atoms with van der Waals surface area (Å²) in [7, 11) is 0. The van der Waals surface area contributed by atoms with E-state index in [0.717, 1.165) is 30.9 Å². The molecular weight excluding hydrogens is 276 g/mol. The van der Waals surface area contributed by atoms with Gasteiger partial charge < -0.3 is 10.6 Å². The summed E-state index contributed by atoms with van der Waals surface area (Å²) in [6.45, 7) is 2.17. The fourth-order valence-electron chi connectivity index (χ4n) is 2.85. The molecule has 1 amide bonds. The first-order valence-corrected chi connectivity index (χ1v) is 7.92. The van der Waals surface area contributed by atoms with Crippen molar-refractivity contribution in [1.29, 1.82) is 0 Å². The smallest absolute Gasteiger partial charge is 0.224 e. The molecule has 0 radical (unpaired) electrons. The Hall–Kier alpha value is -2.14. The Kier molecular flexibility index (Phi) is 4.85. The number of rotatable bonds is 5. The van der Waals surface area contributed by atoms with Gasteiger partial charge in [-0.3, -0.25) is 4.79 Å². The van der Waals surface area contributed by atoms with Gasteiger partial charge in [-0.25, -0.2) is 4.68 Å². The average Bonchev–Trinajstić information content (AvgIpc) is 3.09. The van der Waals surface area contributed by atoms with E-state index in [1.807, 2.05) is 36.5 Å². The van der Waals surface area contributed by atoms with Crippen molar-refractivity contribution < 1.29 is 4.79 Å². The third-order valence-corrected chi connectivity index (χ3v) is 4.16. The van der Waals surface area contributed by atoms with Gasteiger partial charge in [0.15, 0.2) is 0 Å². The summed E-state index contributed by atoms with van der Waals surface area (Å²) >= 11 is 0. The predicted molar refractivity (Wildman–Crippen MR) is 87.0 cm³/mol. The van der Waals surface area contributed by atoms with Crippen molar-refractivity contribution in [2.75, 3.05) is 18.4 Å². The minimum absolute atomic E-state index is 0.102. The minimum Gasteiger partial charge on any atom is -0.326 e. The topological polar surface area (TPSA) is 59.0 Å². The van der Waals surface area contributed by atoms with Crippen LogP contribution in [0.3, 0.4) is 0 Å². The number of aromatic nitrogens is 2. The largest absolute Gasteiger partial charge is 0.326 e. The molecule has 1 aromatic heterocycles. The molecule has 2 N–H and O–H groups in total. The zero-order chi connectivity index (χ0) is 15.2. The first kappa shape index (κ1) is 14.8. The Labute approximate surface area is 130 Å². The second-order valence-corrected chi connectivity index (χ2v) is 5.78. The summed E-state index contributed by atoms with van der Waals surface area (Å²) in [5.41, 5.74) is 1.82. The number of carbonyl (C=O) groups is 1. The lowest BCUT2D eigenvalue weighted by atomic mass is 9.93. The maximum absolute atomic E-state index is 12.0. The van der Waals surface area contributed by atoms with Crippen molar-refractivity contribution in [2.45, 2.75) is 25.7 Å². The highest BCUT2D eigenvalue weighted by Crippen LogP contribution is 2.18. The Morgan fingerprint density at radius 3 is 2.73 bits per heavy atom. The van der Waals surface area contributed by atoms with E-state index in [1.54, 1.807) is 10.9 Å². The van der Waals surface area contributed by atoms with Crippen LogP contribution < -0.4 is 10.6 Å². The van der Waals surface area contributed by atoms with Gasteiger partial charge in [-0.15, -0.1) is 0 Å². The molecule has 0 aliphatic carbocycles. The molecular formula is C17H22N4O. The normalized spacial score (nSPS) is 15.6. The molecule has 1 aromatic carbocycles. The zero-order valence-electron chi connectivity index (χ0n) is 12.7. The number of amides is 1. The second kappa shape index (κ2) is 7.22. The van der Waals surface area contributed by atoms with Crippen LogP contribution in [0.25, 0.3) is 5.69 Å². The van der Waals surface area contributed by atoms with E-state index in [9.17, 15) is 4.79 Å². The SMILES string of the molecule is O=C(CCC1CCNCC1)Nc1ccc(-n2cccn2)cc1. The summed E-state index contributed by atoms with van der Waals surface area (Å²) in [6.07, 6.45) is 7.60. The maximum atomic E-state index is 12.0. The van der Waals surface area contributed by atoms with Crippen LogP contribution in [-0.2, 0) is 4.79 Å². The number of hydrogen-bond donors (Lipinski definition) is 2. The number of nitrogens with one attached hydrogen (secondary N) is 2. The molecule has 1 fully saturated rings. The van der Waals surface area contributed by atoms with Crippen LogP contribution in [0.1, 0.15) is 25.7 Å². The quantitative estimate of drug-likeness (QED) is 0.892. The first-order valence-electron chi connectivity index (χ1n) is 7.92. The van der Waals surface area contributed by atoms with E-state index in [4.69, 9.17) is 0 Å². The Morgan fingerprint density at radius 1 is 1.27 bits per heavy atom. The van der Waals surface area contributed by atoms with Crippen LogP contribution >= 0.6 is 0 Å². The van der Waals surface area contributed by atoms with Gasteiger partial charge in [-0.1, -0.05) is 0 Å². The lowest BCUT2D eigenvalue weighted by molar-refractivity contribution is -0.116.